The lowest BCUT2D eigenvalue weighted by Gasteiger charge is -2.33. The summed E-state index contributed by atoms with van der Waals surface area (Å²) in [5.41, 5.74) is 2.14. The van der Waals surface area contributed by atoms with Crippen molar-refractivity contribution in [3.05, 3.63) is 42.6 Å². The summed E-state index contributed by atoms with van der Waals surface area (Å²) in [7, 11) is 1.97. The van der Waals surface area contributed by atoms with Crippen molar-refractivity contribution < 1.29 is 4.79 Å². The lowest BCUT2D eigenvalue weighted by molar-refractivity contribution is 0.0927. The maximum atomic E-state index is 12.3. The summed E-state index contributed by atoms with van der Waals surface area (Å²) in [5.74, 6) is 0.718. The Hall–Kier alpha value is -3.03. The highest BCUT2D eigenvalue weighted by atomic mass is 16.1. The molecule has 3 aromatic rings. The number of anilines is 1. The van der Waals surface area contributed by atoms with E-state index in [1.54, 1.807) is 18.5 Å². The van der Waals surface area contributed by atoms with Crippen molar-refractivity contribution in [1.82, 2.24) is 29.8 Å². The first-order valence-electron chi connectivity index (χ1n) is 8.31. The van der Waals surface area contributed by atoms with Crippen LogP contribution in [-0.4, -0.2) is 49.5 Å². The maximum Gasteiger partial charge on any atom is 0.270 e. The van der Waals surface area contributed by atoms with E-state index in [1.165, 1.54) is 6.33 Å². The van der Waals surface area contributed by atoms with Gasteiger partial charge < -0.3 is 10.2 Å². The fourth-order valence-corrected chi connectivity index (χ4v) is 3.26. The number of fused-ring (bicyclic) bond motifs is 1. The number of piperidine rings is 1. The van der Waals surface area contributed by atoms with Crippen molar-refractivity contribution >= 4 is 23.0 Å². The highest BCUT2D eigenvalue weighted by molar-refractivity contribution is 5.92. The number of pyridine rings is 1. The van der Waals surface area contributed by atoms with Crippen LogP contribution >= 0.6 is 0 Å². The smallest absolute Gasteiger partial charge is 0.270 e. The van der Waals surface area contributed by atoms with E-state index in [9.17, 15) is 4.79 Å². The molecule has 0 radical (unpaired) electrons. The Morgan fingerprint density at radius 1 is 1.28 bits per heavy atom. The van der Waals surface area contributed by atoms with Gasteiger partial charge in [-0.3, -0.25) is 9.36 Å². The number of amides is 1. The highest BCUT2D eigenvalue weighted by Gasteiger charge is 2.25. The molecule has 128 valence electrons. The quantitative estimate of drug-likeness (QED) is 0.771. The first kappa shape index (κ1) is 15.5. The molecule has 1 atom stereocenters. The number of carbonyl (C=O) groups is 1. The van der Waals surface area contributed by atoms with Crippen molar-refractivity contribution in [2.75, 3.05) is 18.0 Å². The molecule has 0 saturated carbocycles. The van der Waals surface area contributed by atoms with Crippen LogP contribution in [0.2, 0.25) is 0 Å². The molecule has 0 aromatic carbocycles. The molecule has 8 nitrogen and oxygen atoms in total. The lowest BCUT2D eigenvalue weighted by atomic mass is 10.1. The Bertz CT molecular complexity index is 892. The maximum absolute atomic E-state index is 12.3. The van der Waals surface area contributed by atoms with Crippen LogP contribution in [0, 0.1) is 0 Å². The van der Waals surface area contributed by atoms with E-state index >= 15 is 0 Å². The van der Waals surface area contributed by atoms with Crippen LogP contribution in [0.5, 0.6) is 0 Å². The molecule has 8 heteroatoms. The average Bonchev–Trinajstić information content (AvgIpc) is 3.00. The SMILES string of the molecule is Cn1c(N2CCCC(NC(=O)c3ccncn3)C2)nc2cccnc21. The Morgan fingerprint density at radius 3 is 3.00 bits per heavy atom. The number of nitrogens with one attached hydrogen (secondary N) is 1. The van der Waals surface area contributed by atoms with Crippen molar-refractivity contribution in [2.24, 2.45) is 7.05 Å². The summed E-state index contributed by atoms with van der Waals surface area (Å²) in [6, 6.07) is 5.53. The van der Waals surface area contributed by atoms with Crippen molar-refractivity contribution in [3.63, 3.8) is 0 Å². The van der Waals surface area contributed by atoms with E-state index in [2.05, 4.69) is 25.2 Å². The van der Waals surface area contributed by atoms with E-state index in [1.807, 2.05) is 23.7 Å². The first-order chi connectivity index (χ1) is 12.2. The lowest BCUT2D eigenvalue weighted by Crippen LogP contribution is -2.48. The van der Waals surface area contributed by atoms with Gasteiger partial charge >= 0.3 is 0 Å². The Balaban J connectivity index is 1.51. The molecule has 1 unspecified atom stereocenters. The van der Waals surface area contributed by atoms with Crippen LogP contribution in [0.1, 0.15) is 23.3 Å². The zero-order valence-corrected chi connectivity index (χ0v) is 14.0. The molecule has 3 aromatic heterocycles. The van der Waals surface area contributed by atoms with Gasteiger partial charge in [-0.15, -0.1) is 0 Å². The molecule has 1 aliphatic rings. The molecule has 25 heavy (non-hydrogen) atoms. The van der Waals surface area contributed by atoms with Crippen LogP contribution in [0.4, 0.5) is 5.95 Å². The molecule has 1 fully saturated rings. The fraction of sp³-hybridized carbons (Fsp3) is 0.353. The third-order valence-electron chi connectivity index (χ3n) is 4.46. The van der Waals surface area contributed by atoms with Crippen molar-refractivity contribution in [2.45, 2.75) is 18.9 Å². The monoisotopic (exact) mass is 337 g/mol. The number of aromatic nitrogens is 5. The van der Waals surface area contributed by atoms with Gasteiger partial charge in [0.25, 0.3) is 5.91 Å². The first-order valence-corrected chi connectivity index (χ1v) is 8.31. The number of nitrogens with zero attached hydrogens (tertiary/aromatic N) is 6. The number of hydrogen-bond acceptors (Lipinski definition) is 6. The summed E-state index contributed by atoms with van der Waals surface area (Å²) < 4.78 is 2.00. The Morgan fingerprint density at radius 2 is 2.20 bits per heavy atom. The van der Waals surface area contributed by atoms with Crippen molar-refractivity contribution in [1.29, 1.82) is 0 Å². The second-order valence-electron chi connectivity index (χ2n) is 6.17. The molecular weight excluding hydrogens is 318 g/mol. The third-order valence-corrected chi connectivity index (χ3v) is 4.46. The number of imidazole rings is 1. The van der Waals surface area contributed by atoms with Gasteiger partial charge in [0.05, 0.1) is 0 Å². The minimum absolute atomic E-state index is 0.0592. The van der Waals surface area contributed by atoms with Gasteiger partial charge in [0.15, 0.2) is 5.65 Å². The van der Waals surface area contributed by atoms with Gasteiger partial charge in [0, 0.05) is 38.6 Å². The summed E-state index contributed by atoms with van der Waals surface area (Å²) in [5, 5.41) is 3.06. The molecule has 0 bridgehead atoms. The molecule has 4 heterocycles. The number of aryl methyl sites for hydroxylation is 1. The van der Waals surface area contributed by atoms with Gasteiger partial charge in [-0.1, -0.05) is 0 Å². The molecular formula is C17H19N7O. The average molecular weight is 337 g/mol. The van der Waals surface area contributed by atoms with Gasteiger partial charge in [-0.05, 0) is 31.0 Å². The standard InChI is InChI=1S/C17H19N7O/c1-23-15-13(5-2-7-19-15)22-17(23)24-9-3-4-12(10-24)21-16(25)14-6-8-18-11-20-14/h2,5-8,11-12H,3-4,9-10H2,1H3,(H,21,25). The predicted octanol–water partition coefficient (Wildman–Crippen LogP) is 1.16. The minimum atomic E-state index is -0.166. The zero-order chi connectivity index (χ0) is 17.2. The van der Waals surface area contributed by atoms with E-state index < -0.39 is 0 Å². The number of rotatable bonds is 3. The molecule has 1 aliphatic heterocycles. The number of hydrogen-bond donors (Lipinski definition) is 1. The van der Waals surface area contributed by atoms with Crippen LogP contribution < -0.4 is 10.2 Å². The summed E-state index contributed by atoms with van der Waals surface area (Å²) in [6.07, 6.45) is 6.66. The molecule has 0 aliphatic carbocycles. The van der Waals surface area contributed by atoms with Gasteiger partial charge in [0.1, 0.15) is 17.5 Å². The largest absolute Gasteiger partial charge is 0.346 e. The van der Waals surface area contributed by atoms with Gasteiger partial charge in [0.2, 0.25) is 5.95 Å². The molecule has 1 N–H and O–H groups in total. The van der Waals surface area contributed by atoms with Crippen LogP contribution in [0.3, 0.4) is 0 Å². The van der Waals surface area contributed by atoms with E-state index in [4.69, 9.17) is 4.98 Å². The van der Waals surface area contributed by atoms with Crippen LogP contribution in [0.15, 0.2) is 36.9 Å². The second-order valence-corrected chi connectivity index (χ2v) is 6.17. The normalized spacial score (nSPS) is 17.6. The highest BCUT2D eigenvalue weighted by Crippen LogP contribution is 2.22. The van der Waals surface area contributed by atoms with Crippen LogP contribution in [-0.2, 0) is 7.05 Å². The molecule has 1 saturated heterocycles. The van der Waals surface area contributed by atoms with E-state index in [0.29, 0.717) is 12.2 Å². The third kappa shape index (κ3) is 3.02. The van der Waals surface area contributed by atoms with Crippen molar-refractivity contribution in [3.8, 4) is 0 Å². The fourth-order valence-electron chi connectivity index (χ4n) is 3.26. The zero-order valence-electron chi connectivity index (χ0n) is 14.0. The Labute approximate surface area is 144 Å². The van der Waals surface area contributed by atoms with E-state index in [0.717, 1.165) is 36.5 Å². The predicted molar refractivity (Wildman–Crippen MR) is 93.2 cm³/mol. The molecule has 0 spiro atoms. The van der Waals surface area contributed by atoms with Gasteiger partial charge in [-0.2, -0.15) is 0 Å². The molecule has 1 amide bonds. The number of carbonyl (C=O) groups excluding carboxylic acids is 1. The Kier molecular flexibility index (Phi) is 4.01. The summed E-state index contributed by atoms with van der Waals surface area (Å²) >= 11 is 0. The summed E-state index contributed by atoms with van der Waals surface area (Å²) in [6.45, 7) is 1.63. The molecule has 4 rings (SSSR count). The summed E-state index contributed by atoms with van der Waals surface area (Å²) in [4.78, 5) is 31.5. The van der Waals surface area contributed by atoms with E-state index in [-0.39, 0.29) is 11.9 Å². The topological polar surface area (TPSA) is 88.8 Å². The van der Waals surface area contributed by atoms with Gasteiger partial charge in [-0.25, -0.2) is 19.9 Å². The van der Waals surface area contributed by atoms with Crippen LogP contribution in [0.25, 0.3) is 11.2 Å². The second kappa shape index (κ2) is 6.46. The minimum Gasteiger partial charge on any atom is -0.346 e.